The molecule has 79 heavy (non-hydrogen) atoms. The molecule has 4 aliphatic heterocycles. The van der Waals surface area contributed by atoms with E-state index in [2.05, 4.69) is 22.1 Å². The molecule has 7 aromatic rings. The number of ether oxygens (including phenoxy) is 5. The molecule has 17 heteroatoms. The van der Waals surface area contributed by atoms with Crippen LogP contribution in [0.1, 0.15) is 57.1 Å². The topological polar surface area (TPSA) is 200 Å². The summed E-state index contributed by atoms with van der Waals surface area (Å²) in [7, 11) is 1.57. The van der Waals surface area contributed by atoms with Crippen LogP contribution in [0.4, 0.5) is 27.5 Å². The van der Waals surface area contributed by atoms with Gasteiger partial charge in [-0.15, -0.1) is 0 Å². The Bertz CT molecular complexity index is 3470. The number of aliphatic hydroxyl groups excluding tert-OH is 1. The Morgan fingerprint density at radius 2 is 1.43 bits per heavy atom. The van der Waals surface area contributed by atoms with E-state index in [-0.39, 0.29) is 36.8 Å². The van der Waals surface area contributed by atoms with Gasteiger partial charge in [0, 0.05) is 47.7 Å². The number of benzene rings is 7. The molecule has 4 aliphatic rings. The second kappa shape index (κ2) is 22.3. The zero-order valence-corrected chi connectivity index (χ0v) is 42.8. The summed E-state index contributed by atoms with van der Waals surface area (Å²) in [6, 6.07) is 46.8. The van der Waals surface area contributed by atoms with Crippen molar-refractivity contribution >= 4 is 46.6 Å². The van der Waals surface area contributed by atoms with Crippen molar-refractivity contribution in [2.24, 2.45) is 5.92 Å². The minimum Gasteiger partial charge on any atom is -0.497 e. The summed E-state index contributed by atoms with van der Waals surface area (Å²) in [4.78, 5) is 79.8. The molecule has 1 spiro atoms. The lowest BCUT2D eigenvalue weighted by molar-refractivity contribution is -0.384. The molecule has 6 atom stereocenters. The normalized spacial score (nSPS) is 21.3. The maximum absolute atomic E-state index is 16.8. The highest BCUT2D eigenvalue weighted by Crippen LogP contribution is 2.66. The molecule has 0 aromatic heterocycles. The van der Waals surface area contributed by atoms with E-state index in [9.17, 15) is 15.2 Å². The van der Waals surface area contributed by atoms with Gasteiger partial charge in [-0.3, -0.25) is 29.4 Å². The highest BCUT2D eigenvalue weighted by atomic mass is 16.6. The SMILES string of the molecule is COc1ccc(C#Cc2ccc3c(c2)C2(C(=O)N3C(=O)OCc3ccc([N+](=O)[O-])cc3)C(C(=O)Nc3ccc(N4CCOCC4)cc3)C3C(=O)OC(c4ccccc4)C(c4ccccc4)N3C2c2cccc(OCCO)c2)cc1. The summed E-state index contributed by atoms with van der Waals surface area (Å²) in [6.45, 7) is 1.73. The molecule has 398 valence electrons. The number of non-ortho nitro benzene ring substituents is 1. The molecule has 3 saturated heterocycles. The Hall–Kier alpha value is -9.34. The Balaban J connectivity index is 1.15. The first-order chi connectivity index (χ1) is 38.6. The number of fused-ring (bicyclic) bond motifs is 3. The van der Waals surface area contributed by atoms with E-state index < -0.39 is 64.4 Å². The largest absolute Gasteiger partial charge is 0.497 e. The van der Waals surface area contributed by atoms with Crippen molar-refractivity contribution in [1.82, 2.24) is 4.90 Å². The molecule has 17 nitrogen and oxygen atoms in total. The number of nitro groups is 1. The third-order valence-electron chi connectivity index (χ3n) is 14.9. The number of carbonyl (C=O) groups is 4. The van der Waals surface area contributed by atoms with Crippen molar-refractivity contribution in [3.05, 3.63) is 225 Å². The molecule has 11 rings (SSSR count). The van der Waals surface area contributed by atoms with Crippen LogP contribution >= 0.6 is 0 Å². The van der Waals surface area contributed by atoms with Crippen LogP contribution in [-0.2, 0) is 40.6 Å². The van der Waals surface area contributed by atoms with Crippen LogP contribution in [0.5, 0.6) is 11.5 Å². The number of nitrogens with one attached hydrogen (secondary N) is 1. The van der Waals surface area contributed by atoms with Gasteiger partial charge in [0.2, 0.25) is 11.8 Å². The number of aliphatic hydroxyl groups is 1. The number of carbonyl (C=O) groups excluding carboxylic acids is 4. The fourth-order valence-corrected chi connectivity index (χ4v) is 11.4. The fourth-order valence-electron chi connectivity index (χ4n) is 11.4. The number of imide groups is 1. The quantitative estimate of drug-likeness (QED) is 0.0480. The van der Waals surface area contributed by atoms with E-state index >= 15 is 19.2 Å². The van der Waals surface area contributed by atoms with E-state index in [0.717, 1.165) is 10.6 Å². The Morgan fingerprint density at radius 1 is 0.759 bits per heavy atom. The van der Waals surface area contributed by atoms with Gasteiger partial charge >= 0.3 is 12.1 Å². The summed E-state index contributed by atoms with van der Waals surface area (Å²) in [5.74, 6) is 3.36. The number of hydrogen-bond donors (Lipinski definition) is 2. The van der Waals surface area contributed by atoms with Crippen molar-refractivity contribution in [3.8, 4) is 23.3 Å². The molecule has 7 aromatic carbocycles. The summed E-state index contributed by atoms with van der Waals surface area (Å²) in [5, 5.41) is 24.6. The Labute approximate surface area is 455 Å². The van der Waals surface area contributed by atoms with Gasteiger partial charge in [0.25, 0.3) is 5.69 Å². The van der Waals surface area contributed by atoms with Gasteiger partial charge in [-0.05, 0) is 119 Å². The number of nitro benzene ring substituents is 1. The first-order valence-corrected chi connectivity index (χ1v) is 25.8. The van der Waals surface area contributed by atoms with Gasteiger partial charge in [-0.25, -0.2) is 9.69 Å². The molecule has 0 saturated carbocycles. The van der Waals surface area contributed by atoms with Crippen LogP contribution in [0.3, 0.4) is 0 Å². The zero-order chi connectivity index (χ0) is 54.6. The Morgan fingerprint density at radius 3 is 2.11 bits per heavy atom. The first kappa shape index (κ1) is 51.8. The van der Waals surface area contributed by atoms with Crippen LogP contribution in [0.2, 0.25) is 0 Å². The minimum absolute atomic E-state index is 0.0671. The maximum atomic E-state index is 16.8. The predicted octanol–water partition coefficient (Wildman–Crippen LogP) is 8.85. The minimum atomic E-state index is -2.19. The molecule has 6 unspecified atom stereocenters. The van der Waals surface area contributed by atoms with Crippen LogP contribution in [0, 0.1) is 27.9 Å². The van der Waals surface area contributed by atoms with Gasteiger partial charge in [-0.1, -0.05) is 84.6 Å². The molecular weight excluding hydrogens is 1010 g/mol. The molecule has 4 heterocycles. The third-order valence-corrected chi connectivity index (χ3v) is 14.9. The second-order valence-electron chi connectivity index (χ2n) is 19.4. The highest BCUT2D eigenvalue weighted by molar-refractivity contribution is 6.24. The average Bonchev–Trinajstić information content (AvgIpc) is 2.45. The van der Waals surface area contributed by atoms with Crippen LogP contribution < -0.4 is 24.6 Å². The fraction of sp³-hybridized carbons (Fsp3) is 0.226. The molecule has 0 aliphatic carbocycles. The maximum Gasteiger partial charge on any atom is 0.421 e. The highest BCUT2D eigenvalue weighted by Gasteiger charge is 2.76. The lowest BCUT2D eigenvalue weighted by atomic mass is 9.65. The van der Waals surface area contributed by atoms with Crippen LogP contribution in [0.25, 0.3) is 0 Å². The number of morpholine rings is 2. The number of amides is 3. The van der Waals surface area contributed by atoms with Gasteiger partial charge in [0.15, 0.2) is 0 Å². The molecular formula is C62H53N5O12. The van der Waals surface area contributed by atoms with Crippen molar-refractivity contribution in [3.63, 3.8) is 0 Å². The van der Waals surface area contributed by atoms with Gasteiger partial charge < -0.3 is 39.0 Å². The van der Waals surface area contributed by atoms with Gasteiger partial charge in [0.05, 0.1) is 55.5 Å². The summed E-state index contributed by atoms with van der Waals surface area (Å²) >= 11 is 0. The van der Waals surface area contributed by atoms with Gasteiger partial charge in [0.1, 0.15) is 42.3 Å². The predicted molar refractivity (Wildman–Crippen MR) is 291 cm³/mol. The van der Waals surface area contributed by atoms with Crippen LogP contribution in [-0.4, -0.2) is 91.5 Å². The number of nitrogens with zero attached hydrogens (tertiary/aromatic N) is 4. The Kier molecular flexibility index (Phi) is 14.6. The number of anilines is 3. The van der Waals surface area contributed by atoms with E-state index in [4.69, 9.17) is 23.7 Å². The van der Waals surface area contributed by atoms with Crippen molar-refractivity contribution in [2.45, 2.75) is 36.3 Å². The van der Waals surface area contributed by atoms with Crippen LogP contribution in [0.15, 0.2) is 176 Å². The monoisotopic (exact) mass is 1060 g/mol. The van der Waals surface area contributed by atoms with Crippen molar-refractivity contribution in [2.75, 3.05) is 61.7 Å². The number of hydrogen-bond acceptors (Lipinski definition) is 14. The molecule has 0 bridgehead atoms. The smallest absolute Gasteiger partial charge is 0.421 e. The molecule has 3 fully saturated rings. The lowest BCUT2D eigenvalue weighted by Gasteiger charge is -2.46. The number of rotatable bonds is 13. The summed E-state index contributed by atoms with van der Waals surface area (Å²) in [6.07, 6.45) is -2.10. The van der Waals surface area contributed by atoms with Crippen molar-refractivity contribution in [1.29, 1.82) is 0 Å². The molecule has 0 radical (unpaired) electrons. The third kappa shape index (κ3) is 9.89. The van der Waals surface area contributed by atoms with Gasteiger partial charge in [-0.2, -0.15) is 0 Å². The number of methoxy groups -OCH3 is 1. The lowest BCUT2D eigenvalue weighted by Crippen LogP contribution is -2.54. The number of cyclic esters (lactones) is 1. The van der Waals surface area contributed by atoms with E-state index in [1.54, 1.807) is 86.0 Å². The summed E-state index contributed by atoms with van der Waals surface area (Å²) in [5.41, 5.74) is 2.45. The standard InChI is InChI=1S/C62H53N5O12/c1-75-49-28-19-40(20-29-49)15-16-41-21-30-52-51(37-41)62(60(71)65(52)61(72)78-39-42-17-24-48(25-18-42)67(73)74)53(58(69)63-46-22-26-47(27-23-46)64-31-34-76-35-32-64)55-59(70)79-56(44-11-6-3-7-12-44)54(43-9-4-2-5-10-43)66(55)57(62)45-13-8-14-50(38-45)77-36-33-68/h2-14,17-30,37-38,53-57,68H,31-36,39H2,1H3,(H,63,69). The average molecular weight is 1060 g/mol. The van der Waals surface area contributed by atoms with Crippen molar-refractivity contribution < 1.29 is 52.9 Å². The zero-order valence-electron chi connectivity index (χ0n) is 42.8. The first-order valence-electron chi connectivity index (χ1n) is 25.8. The number of esters is 1. The van der Waals surface area contributed by atoms with E-state index in [0.29, 0.717) is 76.9 Å². The van der Waals surface area contributed by atoms with E-state index in [1.165, 1.54) is 24.3 Å². The molecule has 2 N–H and O–H groups in total. The van der Waals surface area contributed by atoms with E-state index in [1.807, 2.05) is 77.7 Å². The molecule has 3 amide bonds. The second-order valence-corrected chi connectivity index (χ2v) is 19.4. The summed E-state index contributed by atoms with van der Waals surface area (Å²) < 4.78 is 29.6.